The largest absolute Gasteiger partial charge is 0.418 e. The van der Waals surface area contributed by atoms with Gasteiger partial charge in [-0.3, -0.25) is 4.79 Å². The lowest BCUT2D eigenvalue weighted by Crippen LogP contribution is -2.48. The zero-order valence-corrected chi connectivity index (χ0v) is 21.8. The molecule has 2 aromatic rings. The second-order valence-electron chi connectivity index (χ2n) is 11.0. The summed E-state index contributed by atoms with van der Waals surface area (Å²) in [5.74, 6) is 0.274. The lowest BCUT2D eigenvalue weighted by Gasteiger charge is -2.40. The number of piperidine rings is 1. The van der Waals surface area contributed by atoms with Crippen LogP contribution in [0.4, 0.5) is 43.4 Å². The van der Waals surface area contributed by atoms with E-state index in [1.54, 1.807) is 6.07 Å². The topological polar surface area (TPSA) is 70.4 Å². The van der Waals surface area contributed by atoms with E-state index in [0.29, 0.717) is 49.8 Å². The maximum absolute atomic E-state index is 13.1. The molecule has 1 saturated carbocycles. The van der Waals surface area contributed by atoms with Crippen LogP contribution in [0.3, 0.4) is 0 Å². The van der Waals surface area contributed by atoms with Crippen molar-refractivity contribution in [2.45, 2.75) is 63.8 Å². The van der Waals surface area contributed by atoms with Gasteiger partial charge in [0.25, 0.3) is 0 Å². The minimum Gasteiger partial charge on any atom is -0.398 e. The minimum atomic E-state index is -4.51. The molecule has 1 aliphatic heterocycles. The Labute approximate surface area is 224 Å². The molecule has 2 aliphatic rings. The van der Waals surface area contributed by atoms with E-state index in [4.69, 9.17) is 5.73 Å². The molecule has 0 spiro atoms. The summed E-state index contributed by atoms with van der Waals surface area (Å²) in [6.07, 6.45) is -4.43. The second kappa shape index (κ2) is 11.2. The smallest absolute Gasteiger partial charge is 0.398 e. The van der Waals surface area contributed by atoms with Gasteiger partial charge < -0.3 is 21.3 Å². The SMILES string of the molecule is CC1(C(=O)NCC2CCC(Nc3ccc(N)c(C(F)(F)F)c3)CC2)CCN(c2ccc(C(F)(F)F)cc2)CC1. The number of amides is 1. The van der Waals surface area contributed by atoms with Crippen molar-refractivity contribution in [2.75, 3.05) is 35.6 Å². The van der Waals surface area contributed by atoms with Crippen LogP contribution in [-0.4, -0.2) is 31.6 Å². The van der Waals surface area contributed by atoms with Crippen LogP contribution in [0.1, 0.15) is 56.6 Å². The van der Waals surface area contributed by atoms with Gasteiger partial charge in [0.1, 0.15) is 0 Å². The summed E-state index contributed by atoms with van der Waals surface area (Å²) in [6.45, 7) is 3.62. The predicted octanol–water partition coefficient (Wildman–Crippen LogP) is 6.70. The molecule has 1 heterocycles. The molecule has 2 fully saturated rings. The van der Waals surface area contributed by atoms with Gasteiger partial charge >= 0.3 is 12.4 Å². The third-order valence-corrected chi connectivity index (χ3v) is 8.10. The average molecular weight is 557 g/mol. The summed E-state index contributed by atoms with van der Waals surface area (Å²) in [7, 11) is 0. The van der Waals surface area contributed by atoms with Crippen LogP contribution in [0.25, 0.3) is 0 Å². The third kappa shape index (κ3) is 7.10. The number of anilines is 3. The van der Waals surface area contributed by atoms with E-state index in [1.165, 1.54) is 18.2 Å². The third-order valence-electron chi connectivity index (χ3n) is 8.10. The van der Waals surface area contributed by atoms with Crippen molar-refractivity contribution in [1.29, 1.82) is 0 Å². The van der Waals surface area contributed by atoms with Gasteiger partial charge in [0.2, 0.25) is 5.91 Å². The lowest BCUT2D eigenvalue weighted by atomic mass is 9.79. The van der Waals surface area contributed by atoms with Gasteiger partial charge in [-0.1, -0.05) is 6.92 Å². The van der Waals surface area contributed by atoms with Crippen LogP contribution in [0.2, 0.25) is 0 Å². The summed E-state index contributed by atoms with van der Waals surface area (Å²) in [5, 5.41) is 6.28. The van der Waals surface area contributed by atoms with Gasteiger partial charge in [0.05, 0.1) is 11.1 Å². The van der Waals surface area contributed by atoms with E-state index in [-0.39, 0.29) is 17.6 Å². The summed E-state index contributed by atoms with van der Waals surface area (Å²) in [4.78, 5) is 15.0. The zero-order chi connectivity index (χ0) is 28.4. The molecule has 0 radical (unpaired) electrons. The Hall–Kier alpha value is -3.11. The molecule has 1 amide bonds. The molecule has 11 heteroatoms. The number of benzene rings is 2. The first-order valence-corrected chi connectivity index (χ1v) is 13.2. The van der Waals surface area contributed by atoms with E-state index in [0.717, 1.165) is 43.9 Å². The Morgan fingerprint density at radius 3 is 2.13 bits per heavy atom. The normalized spacial score (nSPS) is 21.9. The molecular weight excluding hydrogens is 522 g/mol. The molecule has 0 bridgehead atoms. The minimum absolute atomic E-state index is 0.0172. The highest BCUT2D eigenvalue weighted by molar-refractivity contribution is 5.82. The van der Waals surface area contributed by atoms with Gasteiger partial charge in [-0.2, -0.15) is 26.3 Å². The van der Waals surface area contributed by atoms with Crippen LogP contribution < -0.4 is 21.3 Å². The number of nitrogens with one attached hydrogen (secondary N) is 2. The highest BCUT2D eigenvalue weighted by atomic mass is 19.4. The summed E-state index contributed by atoms with van der Waals surface area (Å²) >= 11 is 0. The van der Waals surface area contributed by atoms with Crippen molar-refractivity contribution in [3.63, 3.8) is 0 Å². The van der Waals surface area contributed by atoms with Gasteiger partial charge in [-0.25, -0.2) is 0 Å². The maximum Gasteiger partial charge on any atom is 0.418 e. The molecule has 1 saturated heterocycles. The fourth-order valence-corrected chi connectivity index (χ4v) is 5.44. The average Bonchev–Trinajstić information content (AvgIpc) is 2.88. The molecule has 5 nitrogen and oxygen atoms in total. The van der Waals surface area contributed by atoms with Crippen molar-refractivity contribution in [2.24, 2.45) is 11.3 Å². The number of alkyl halides is 6. The monoisotopic (exact) mass is 556 g/mol. The maximum atomic E-state index is 13.1. The molecule has 214 valence electrons. The van der Waals surface area contributed by atoms with E-state index >= 15 is 0 Å². The van der Waals surface area contributed by atoms with Gasteiger partial charge in [-0.05, 0) is 86.9 Å². The van der Waals surface area contributed by atoms with E-state index in [9.17, 15) is 31.1 Å². The number of hydrogen-bond donors (Lipinski definition) is 3. The number of carbonyl (C=O) groups is 1. The molecule has 0 unspecified atom stereocenters. The molecule has 0 atom stereocenters. The quantitative estimate of drug-likeness (QED) is 0.274. The Morgan fingerprint density at radius 2 is 1.56 bits per heavy atom. The number of nitrogen functional groups attached to an aromatic ring is 1. The summed E-state index contributed by atoms with van der Waals surface area (Å²) in [5.41, 5.74) is 4.21. The lowest BCUT2D eigenvalue weighted by molar-refractivity contribution is -0.138. The van der Waals surface area contributed by atoms with Gasteiger partial charge in [0, 0.05) is 48.2 Å². The van der Waals surface area contributed by atoms with Gasteiger partial charge in [-0.15, -0.1) is 0 Å². The number of nitrogens with zero attached hydrogens (tertiary/aromatic N) is 1. The second-order valence-corrected chi connectivity index (χ2v) is 11.0. The predicted molar refractivity (Wildman–Crippen MR) is 139 cm³/mol. The molecule has 2 aromatic carbocycles. The number of halogens is 6. The van der Waals surface area contributed by atoms with Crippen LogP contribution in [-0.2, 0) is 17.1 Å². The van der Waals surface area contributed by atoms with Crippen molar-refractivity contribution < 1.29 is 31.1 Å². The Kier molecular flexibility index (Phi) is 8.28. The highest BCUT2D eigenvalue weighted by Crippen LogP contribution is 2.37. The standard InChI is InChI=1S/C28H34F6N4O/c1-26(12-14-38(15-13-26)22-9-4-19(5-10-22)27(29,30)31)25(39)36-17-18-2-6-20(7-3-18)37-21-8-11-24(35)23(16-21)28(32,33)34/h4-5,8-11,16,18,20,37H,2-3,6-7,12-15,17,35H2,1H3,(H,36,39). The number of rotatable bonds is 6. The Morgan fingerprint density at radius 1 is 0.949 bits per heavy atom. The molecular formula is C28H34F6N4O. The van der Waals surface area contributed by atoms with E-state index < -0.39 is 28.9 Å². The first-order chi connectivity index (χ1) is 18.2. The van der Waals surface area contributed by atoms with Crippen molar-refractivity contribution in [3.8, 4) is 0 Å². The van der Waals surface area contributed by atoms with Gasteiger partial charge in [0.15, 0.2) is 0 Å². The molecule has 39 heavy (non-hydrogen) atoms. The first kappa shape index (κ1) is 28.9. The number of nitrogens with two attached hydrogens (primary N) is 1. The number of carbonyl (C=O) groups excluding carboxylic acids is 1. The van der Waals surface area contributed by atoms with Crippen molar-refractivity contribution in [1.82, 2.24) is 5.32 Å². The Bertz CT molecular complexity index is 1130. The first-order valence-electron chi connectivity index (χ1n) is 13.2. The fraction of sp³-hybridized carbons (Fsp3) is 0.536. The highest BCUT2D eigenvalue weighted by Gasteiger charge is 2.38. The van der Waals surface area contributed by atoms with E-state index in [2.05, 4.69) is 10.6 Å². The molecule has 1 aliphatic carbocycles. The fourth-order valence-electron chi connectivity index (χ4n) is 5.44. The molecule has 4 N–H and O–H groups in total. The van der Waals surface area contributed by atoms with Crippen molar-refractivity contribution >= 4 is 23.0 Å². The van der Waals surface area contributed by atoms with Crippen molar-refractivity contribution in [3.05, 3.63) is 53.6 Å². The molecule has 0 aromatic heterocycles. The van der Waals surface area contributed by atoms with Crippen LogP contribution in [0.15, 0.2) is 42.5 Å². The van der Waals surface area contributed by atoms with E-state index in [1.807, 2.05) is 11.8 Å². The molecule has 4 rings (SSSR count). The Balaban J connectivity index is 1.21. The van der Waals surface area contributed by atoms with Crippen LogP contribution in [0.5, 0.6) is 0 Å². The van der Waals surface area contributed by atoms with Crippen LogP contribution in [0, 0.1) is 11.3 Å². The number of hydrogen-bond acceptors (Lipinski definition) is 4. The zero-order valence-electron chi connectivity index (χ0n) is 21.8. The van der Waals surface area contributed by atoms with Crippen LogP contribution >= 0.6 is 0 Å². The summed E-state index contributed by atoms with van der Waals surface area (Å²) < 4.78 is 77.9. The summed E-state index contributed by atoms with van der Waals surface area (Å²) in [6, 6.07) is 9.02.